The van der Waals surface area contributed by atoms with Crippen LogP contribution in [-0.4, -0.2) is 9.78 Å². The van der Waals surface area contributed by atoms with Crippen molar-refractivity contribution in [2.75, 3.05) is 0 Å². The molecule has 0 atom stereocenters. The molecule has 1 aromatic heterocycles. The van der Waals surface area contributed by atoms with Gasteiger partial charge in [-0.1, -0.05) is 13.8 Å². The molecule has 0 aliphatic carbocycles. The summed E-state index contributed by atoms with van der Waals surface area (Å²) in [5.74, 6) is 0. The molecule has 0 spiro atoms. The summed E-state index contributed by atoms with van der Waals surface area (Å²) in [5, 5.41) is 13.5. The third kappa shape index (κ3) is 3.10. The molecular weight excluding hydrogens is 198 g/mol. The quantitative estimate of drug-likeness (QED) is 0.762. The summed E-state index contributed by atoms with van der Waals surface area (Å²) in [5.41, 5.74) is 0.686. The van der Waals surface area contributed by atoms with Crippen LogP contribution in [0.5, 0.6) is 0 Å². The normalized spacial score (nSPS) is 11.8. The van der Waals surface area contributed by atoms with E-state index in [2.05, 4.69) is 25.0 Å². The summed E-state index contributed by atoms with van der Waals surface area (Å²) in [4.78, 5) is 0. The zero-order valence-corrected chi connectivity index (χ0v) is 10.7. The van der Waals surface area contributed by atoms with Gasteiger partial charge in [0.1, 0.15) is 0 Å². The van der Waals surface area contributed by atoms with Crippen LogP contribution in [0.4, 0.5) is 0 Å². The lowest BCUT2D eigenvalue weighted by molar-refractivity contribution is 0.417. The molecule has 1 aromatic rings. The molecule has 1 heterocycles. The fourth-order valence-corrected chi connectivity index (χ4v) is 1.83. The lowest BCUT2D eigenvalue weighted by Crippen LogP contribution is -2.13. The van der Waals surface area contributed by atoms with Gasteiger partial charge in [-0.3, -0.25) is 4.68 Å². The maximum atomic E-state index is 8.98. The van der Waals surface area contributed by atoms with Crippen molar-refractivity contribution >= 4 is 0 Å². The number of rotatable bonds is 5. The van der Waals surface area contributed by atoms with Crippen LogP contribution in [0.1, 0.15) is 52.3 Å². The van der Waals surface area contributed by atoms with E-state index in [1.807, 2.05) is 30.8 Å². The fourth-order valence-electron chi connectivity index (χ4n) is 1.83. The van der Waals surface area contributed by atoms with E-state index in [4.69, 9.17) is 5.26 Å². The van der Waals surface area contributed by atoms with Crippen molar-refractivity contribution in [3.05, 3.63) is 18.0 Å². The first-order valence-electron chi connectivity index (χ1n) is 5.97. The number of nitrogens with zero attached hydrogens (tertiary/aromatic N) is 3. The summed E-state index contributed by atoms with van der Waals surface area (Å²) in [6.45, 7) is 8.25. The van der Waals surface area contributed by atoms with E-state index in [-0.39, 0.29) is 5.41 Å². The van der Waals surface area contributed by atoms with Crippen LogP contribution in [0.25, 0.3) is 0 Å². The average Bonchev–Trinajstić information content (AvgIpc) is 2.68. The number of nitriles is 1. The van der Waals surface area contributed by atoms with E-state index in [0.29, 0.717) is 6.04 Å². The Kier molecular flexibility index (Phi) is 4.12. The van der Waals surface area contributed by atoms with Gasteiger partial charge < -0.3 is 0 Å². The summed E-state index contributed by atoms with van der Waals surface area (Å²) >= 11 is 0. The Bertz CT molecular complexity index is 367. The van der Waals surface area contributed by atoms with Gasteiger partial charge in [-0.15, -0.1) is 0 Å². The van der Waals surface area contributed by atoms with Crippen LogP contribution >= 0.6 is 0 Å². The lowest BCUT2D eigenvalue weighted by atomic mass is 9.90. The molecule has 0 amide bonds. The molecular formula is C13H21N3. The highest BCUT2D eigenvalue weighted by molar-refractivity contribution is 5.07. The van der Waals surface area contributed by atoms with E-state index >= 15 is 0 Å². The Morgan fingerprint density at radius 2 is 2.06 bits per heavy atom. The third-order valence-corrected chi connectivity index (χ3v) is 2.91. The maximum Gasteiger partial charge on any atom is 0.0688 e. The van der Waals surface area contributed by atoms with E-state index in [9.17, 15) is 0 Å². The first-order valence-corrected chi connectivity index (χ1v) is 5.97. The third-order valence-electron chi connectivity index (χ3n) is 2.91. The fraction of sp³-hybridized carbons (Fsp3) is 0.692. The number of aromatic nitrogens is 2. The van der Waals surface area contributed by atoms with Crippen LogP contribution in [0.3, 0.4) is 0 Å². The summed E-state index contributed by atoms with van der Waals surface area (Å²) in [7, 11) is 0. The van der Waals surface area contributed by atoms with E-state index in [1.54, 1.807) is 0 Å². The molecule has 0 aromatic carbocycles. The van der Waals surface area contributed by atoms with E-state index in [0.717, 1.165) is 25.0 Å². The topological polar surface area (TPSA) is 41.6 Å². The highest BCUT2D eigenvalue weighted by Gasteiger charge is 2.19. The zero-order valence-electron chi connectivity index (χ0n) is 10.7. The smallest absolute Gasteiger partial charge is 0.0688 e. The first kappa shape index (κ1) is 12.8. The van der Waals surface area contributed by atoms with Crippen molar-refractivity contribution in [1.82, 2.24) is 9.78 Å². The minimum Gasteiger partial charge on any atom is -0.269 e. The predicted octanol–water partition coefficient (Wildman–Crippen LogP) is 3.34. The molecule has 0 aliphatic heterocycles. The van der Waals surface area contributed by atoms with Gasteiger partial charge in [-0.2, -0.15) is 10.4 Å². The van der Waals surface area contributed by atoms with Gasteiger partial charge in [0.2, 0.25) is 0 Å². The standard InChI is InChI=1S/C13H21N3/c1-5-12(6-2)16-8-7-11(15-16)9-13(3,4)10-14/h7-8,12H,5-6,9H2,1-4H3. The van der Waals surface area contributed by atoms with Crippen molar-refractivity contribution in [2.24, 2.45) is 5.41 Å². The van der Waals surface area contributed by atoms with Gasteiger partial charge in [0.25, 0.3) is 0 Å². The monoisotopic (exact) mass is 219 g/mol. The van der Waals surface area contributed by atoms with E-state index < -0.39 is 0 Å². The minimum atomic E-state index is -0.326. The molecule has 16 heavy (non-hydrogen) atoms. The molecule has 1 rings (SSSR count). The van der Waals surface area contributed by atoms with Crippen molar-refractivity contribution in [2.45, 2.75) is 53.0 Å². The molecule has 0 aliphatic rings. The summed E-state index contributed by atoms with van der Waals surface area (Å²) in [6.07, 6.45) is 4.94. The van der Waals surface area contributed by atoms with Crippen LogP contribution in [0, 0.1) is 16.7 Å². The summed E-state index contributed by atoms with van der Waals surface area (Å²) < 4.78 is 2.03. The van der Waals surface area contributed by atoms with Gasteiger partial charge in [0.15, 0.2) is 0 Å². The summed E-state index contributed by atoms with van der Waals surface area (Å²) in [6, 6.07) is 4.82. The van der Waals surface area contributed by atoms with Crippen molar-refractivity contribution in [3.63, 3.8) is 0 Å². The molecule has 0 bridgehead atoms. The van der Waals surface area contributed by atoms with Crippen molar-refractivity contribution in [3.8, 4) is 6.07 Å². The van der Waals surface area contributed by atoms with Crippen LogP contribution < -0.4 is 0 Å². The number of hydrogen-bond acceptors (Lipinski definition) is 2. The molecule has 0 saturated heterocycles. The maximum absolute atomic E-state index is 8.98. The molecule has 0 unspecified atom stereocenters. The molecule has 0 N–H and O–H groups in total. The van der Waals surface area contributed by atoms with Crippen molar-refractivity contribution in [1.29, 1.82) is 5.26 Å². The molecule has 88 valence electrons. The van der Waals surface area contributed by atoms with E-state index in [1.165, 1.54) is 0 Å². The Balaban J connectivity index is 2.76. The Labute approximate surface area is 98.1 Å². The molecule has 3 nitrogen and oxygen atoms in total. The second-order valence-electron chi connectivity index (χ2n) is 4.93. The Morgan fingerprint density at radius 3 is 2.56 bits per heavy atom. The van der Waals surface area contributed by atoms with Gasteiger partial charge in [0, 0.05) is 12.6 Å². The Morgan fingerprint density at radius 1 is 1.44 bits per heavy atom. The predicted molar refractivity (Wildman–Crippen MR) is 64.9 cm³/mol. The second kappa shape index (κ2) is 5.16. The number of hydrogen-bond donors (Lipinski definition) is 0. The molecule has 0 saturated carbocycles. The van der Waals surface area contributed by atoms with Gasteiger partial charge >= 0.3 is 0 Å². The highest BCUT2D eigenvalue weighted by atomic mass is 15.3. The minimum absolute atomic E-state index is 0.326. The molecule has 0 fully saturated rings. The lowest BCUT2D eigenvalue weighted by Gasteiger charge is -2.14. The average molecular weight is 219 g/mol. The molecule has 3 heteroatoms. The first-order chi connectivity index (χ1) is 7.52. The SMILES string of the molecule is CCC(CC)n1ccc(CC(C)(C)C#N)n1. The van der Waals surface area contributed by atoms with Crippen LogP contribution in [0.2, 0.25) is 0 Å². The van der Waals surface area contributed by atoms with Gasteiger partial charge in [0.05, 0.1) is 23.2 Å². The van der Waals surface area contributed by atoms with Gasteiger partial charge in [-0.25, -0.2) is 0 Å². The largest absolute Gasteiger partial charge is 0.269 e. The van der Waals surface area contributed by atoms with Gasteiger partial charge in [-0.05, 0) is 32.8 Å². The van der Waals surface area contributed by atoms with Crippen LogP contribution in [-0.2, 0) is 6.42 Å². The second-order valence-corrected chi connectivity index (χ2v) is 4.93. The molecule has 0 radical (unpaired) electrons. The Hall–Kier alpha value is -1.30. The highest BCUT2D eigenvalue weighted by Crippen LogP contribution is 2.21. The van der Waals surface area contributed by atoms with Crippen LogP contribution in [0.15, 0.2) is 12.3 Å². The zero-order chi connectivity index (χ0) is 12.2. The van der Waals surface area contributed by atoms with Crippen molar-refractivity contribution < 1.29 is 0 Å².